The smallest absolute Gasteiger partial charge is 0.0534 e. The monoisotopic (exact) mass is 238 g/mol. The Morgan fingerprint density at radius 3 is 2.71 bits per heavy atom. The molecular weight excluding hydrogens is 212 g/mol. The third-order valence-electron chi connectivity index (χ3n) is 3.16. The largest absolute Gasteiger partial charge is 0.330 e. The molecule has 0 bridgehead atoms. The summed E-state index contributed by atoms with van der Waals surface area (Å²) in [6.45, 7) is 7.30. The third kappa shape index (κ3) is 5.33. The van der Waals surface area contributed by atoms with Crippen LogP contribution >= 0.6 is 0 Å². The Bertz CT molecular complexity index is 330. The molecule has 4 heteroatoms. The van der Waals surface area contributed by atoms with E-state index in [1.807, 2.05) is 17.9 Å². The fourth-order valence-corrected chi connectivity index (χ4v) is 1.87. The van der Waals surface area contributed by atoms with Crippen LogP contribution in [0.5, 0.6) is 0 Å². The van der Waals surface area contributed by atoms with E-state index >= 15 is 0 Å². The van der Waals surface area contributed by atoms with Gasteiger partial charge in [-0.1, -0.05) is 13.8 Å². The first-order valence-electron chi connectivity index (χ1n) is 6.29. The molecule has 1 aromatic rings. The zero-order valence-corrected chi connectivity index (χ0v) is 11.6. The minimum atomic E-state index is 0.273. The first-order valence-corrected chi connectivity index (χ1v) is 6.29. The van der Waals surface area contributed by atoms with Crippen LogP contribution in [0.1, 0.15) is 32.3 Å². The Morgan fingerprint density at radius 2 is 2.18 bits per heavy atom. The second-order valence-electron chi connectivity index (χ2n) is 5.73. The van der Waals surface area contributed by atoms with Crippen LogP contribution in [-0.4, -0.2) is 34.8 Å². The predicted molar refractivity (Wildman–Crippen MR) is 71.6 cm³/mol. The molecule has 2 N–H and O–H groups in total. The van der Waals surface area contributed by atoms with E-state index in [2.05, 4.69) is 37.1 Å². The van der Waals surface area contributed by atoms with Crippen LogP contribution in [0.3, 0.4) is 0 Å². The van der Waals surface area contributed by atoms with Gasteiger partial charge in [0.15, 0.2) is 0 Å². The summed E-state index contributed by atoms with van der Waals surface area (Å²) >= 11 is 0. The van der Waals surface area contributed by atoms with Crippen molar-refractivity contribution in [2.45, 2.75) is 33.2 Å². The fraction of sp³-hybridized carbons (Fsp3) is 0.769. The molecule has 0 spiro atoms. The molecule has 17 heavy (non-hydrogen) atoms. The van der Waals surface area contributed by atoms with Gasteiger partial charge in [-0.2, -0.15) is 5.10 Å². The van der Waals surface area contributed by atoms with Crippen molar-refractivity contribution in [2.75, 3.05) is 20.1 Å². The Morgan fingerprint density at radius 1 is 1.47 bits per heavy atom. The highest BCUT2D eigenvalue weighted by molar-refractivity contribution is 5.02. The Kier molecular flexibility index (Phi) is 5.15. The van der Waals surface area contributed by atoms with Crippen LogP contribution in [0.25, 0.3) is 0 Å². The highest BCUT2D eigenvalue weighted by Gasteiger charge is 2.15. The standard InChI is InChI=1S/C13H26N4/c1-13(2,11-14)6-5-7-16(3)9-12-8-15-17(4)10-12/h8,10H,5-7,9,11,14H2,1-4H3. The Hall–Kier alpha value is -0.870. The van der Waals surface area contributed by atoms with Gasteiger partial charge >= 0.3 is 0 Å². The van der Waals surface area contributed by atoms with Crippen LogP contribution in [0.2, 0.25) is 0 Å². The lowest BCUT2D eigenvalue weighted by atomic mass is 9.88. The zero-order chi connectivity index (χ0) is 12.9. The molecular formula is C13H26N4. The van der Waals surface area contributed by atoms with Gasteiger partial charge in [0.05, 0.1) is 6.20 Å². The average Bonchev–Trinajstić information content (AvgIpc) is 2.63. The molecule has 1 aromatic heterocycles. The quantitative estimate of drug-likeness (QED) is 0.785. The molecule has 0 atom stereocenters. The molecule has 1 heterocycles. The molecule has 0 fully saturated rings. The summed E-state index contributed by atoms with van der Waals surface area (Å²) in [6.07, 6.45) is 6.38. The molecule has 0 aliphatic rings. The van der Waals surface area contributed by atoms with Crippen molar-refractivity contribution in [3.05, 3.63) is 18.0 Å². The molecule has 0 saturated carbocycles. The summed E-state index contributed by atoms with van der Waals surface area (Å²) in [6, 6.07) is 0. The SMILES string of the molecule is CN(CCCC(C)(C)CN)Cc1cnn(C)c1. The summed E-state index contributed by atoms with van der Waals surface area (Å²) in [5.41, 5.74) is 7.27. The topological polar surface area (TPSA) is 47.1 Å². The van der Waals surface area contributed by atoms with Crippen LogP contribution in [0, 0.1) is 5.41 Å². The summed E-state index contributed by atoms with van der Waals surface area (Å²) in [4.78, 5) is 2.34. The highest BCUT2D eigenvalue weighted by atomic mass is 15.2. The molecule has 0 amide bonds. The lowest BCUT2D eigenvalue weighted by Crippen LogP contribution is -2.26. The molecule has 98 valence electrons. The van der Waals surface area contributed by atoms with Crippen molar-refractivity contribution < 1.29 is 0 Å². The minimum Gasteiger partial charge on any atom is -0.330 e. The number of aromatic nitrogens is 2. The number of nitrogens with two attached hydrogens (primary N) is 1. The van der Waals surface area contributed by atoms with Gasteiger partial charge < -0.3 is 10.6 Å². The van der Waals surface area contributed by atoms with Crippen molar-refractivity contribution in [1.82, 2.24) is 14.7 Å². The van der Waals surface area contributed by atoms with Gasteiger partial charge in [0.2, 0.25) is 0 Å². The first-order chi connectivity index (χ1) is 7.93. The second-order valence-corrected chi connectivity index (χ2v) is 5.73. The van der Waals surface area contributed by atoms with Gasteiger partial charge in [-0.05, 0) is 38.4 Å². The normalized spacial score (nSPS) is 12.4. The van der Waals surface area contributed by atoms with Crippen molar-refractivity contribution in [1.29, 1.82) is 0 Å². The van der Waals surface area contributed by atoms with E-state index in [-0.39, 0.29) is 5.41 Å². The molecule has 0 radical (unpaired) electrons. The van der Waals surface area contributed by atoms with Gasteiger partial charge in [0, 0.05) is 25.4 Å². The lowest BCUT2D eigenvalue weighted by molar-refractivity contribution is 0.273. The Labute approximate surface area is 105 Å². The van der Waals surface area contributed by atoms with Crippen molar-refractivity contribution >= 4 is 0 Å². The maximum Gasteiger partial charge on any atom is 0.0534 e. The van der Waals surface area contributed by atoms with Crippen molar-refractivity contribution in [3.63, 3.8) is 0 Å². The van der Waals surface area contributed by atoms with Gasteiger partial charge in [-0.25, -0.2) is 0 Å². The maximum atomic E-state index is 5.72. The molecule has 0 aromatic carbocycles. The predicted octanol–water partition coefficient (Wildman–Crippen LogP) is 1.62. The molecule has 4 nitrogen and oxygen atoms in total. The minimum absolute atomic E-state index is 0.273. The highest BCUT2D eigenvalue weighted by Crippen LogP contribution is 2.20. The van der Waals surface area contributed by atoms with Crippen LogP contribution in [0.15, 0.2) is 12.4 Å². The molecule has 0 aliphatic heterocycles. The van der Waals surface area contributed by atoms with Gasteiger partial charge in [0.25, 0.3) is 0 Å². The van der Waals surface area contributed by atoms with E-state index in [9.17, 15) is 0 Å². The summed E-state index contributed by atoms with van der Waals surface area (Å²) in [7, 11) is 4.11. The summed E-state index contributed by atoms with van der Waals surface area (Å²) < 4.78 is 1.85. The van der Waals surface area contributed by atoms with Crippen LogP contribution < -0.4 is 5.73 Å². The second kappa shape index (κ2) is 6.17. The van der Waals surface area contributed by atoms with Crippen LogP contribution in [-0.2, 0) is 13.6 Å². The molecule has 0 aliphatic carbocycles. The molecule has 0 unspecified atom stereocenters. The number of hydrogen-bond acceptors (Lipinski definition) is 3. The number of nitrogens with zero attached hydrogens (tertiary/aromatic N) is 3. The maximum absolute atomic E-state index is 5.72. The average molecular weight is 238 g/mol. The van der Waals surface area contributed by atoms with Gasteiger partial charge in [-0.15, -0.1) is 0 Å². The van der Waals surface area contributed by atoms with E-state index in [0.29, 0.717) is 0 Å². The lowest BCUT2D eigenvalue weighted by Gasteiger charge is -2.24. The van der Waals surface area contributed by atoms with E-state index in [4.69, 9.17) is 5.73 Å². The van der Waals surface area contributed by atoms with Gasteiger partial charge in [0.1, 0.15) is 0 Å². The molecule has 0 saturated heterocycles. The van der Waals surface area contributed by atoms with Crippen molar-refractivity contribution in [2.24, 2.45) is 18.2 Å². The fourth-order valence-electron chi connectivity index (χ4n) is 1.87. The number of aryl methyl sites for hydroxylation is 1. The van der Waals surface area contributed by atoms with E-state index < -0.39 is 0 Å². The van der Waals surface area contributed by atoms with E-state index in [1.165, 1.54) is 18.4 Å². The van der Waals surface area contributed by atoms with Crippen LogP contribution in [0.4, 0.5) is 0 Å². The van der Waals surface area contributed by atoms with Gasteiger partial charge in [-0.3, -0.25) is 4.68 Å². The summed E-state index contributed by atoms with van der Waals surface area (Å²) in [5, 5.41) is 4.18. The van der Waals surface area contributed by atoms with E-state index in [1.54, 1.807) is 0 Å². The summed E-state index contributed by atoms with van der Waals surface area (Å²) in [5.74, 6) is 0. The van der Waals surface area contributed by atoms with Crippen molar-refractivity contribution in [3.8, 4) is 0 Å². The number of hydrogen-bond donors (Lipinski definition) is 1. The molecule has 1 rings (SSSR count). The third-order valence-corrected chi connectivity index (χ3v) is 3.16. The van der Waals surface area contributed by atoms with E-state index in [0.717, 1.165) is 19.6 Å². The zero-order valence-electron chi connectivity index (χ0n) is 11.6. The number of rotatable bonds is 7. The Balaban J connectivity index is 2.24. The first kappa shape index (κ1) is 14.2.